The fourth-order valence-electron chi connectivity index (χ4n) is 0.721. The molecule has 0 heterocycles. The lowest BCUT2D eigenvalue weighted by Crippen LogP contribution is -2.35. The van der Waals surface area contributed by atoms with Crippen LogP contribution in [0.5, 0.6) is 0 Å². The van der Waals surface area contributed by atoms with E-state index in [0.717, 1.165) is 0 Å². The summed E-state index contributed by atoms with van der Waals surface area (Å²) in [6.45, 7) is 4.18. The number of sulfonamides is 1. The highest BCUT2D eigenvalue weighted by atomic mass is 32.2. The van der Waals surface area contributed by atoms with Crippen molar-refractivity contribution in [2.45, 2.75) is 19.9 Å². The van der Waals surface area contributed by atoms with Crippen LogP contribution >= 0.6 is 0 Å². The molecule has 0 saturated heterocycles. The summed E-state index contributed by atoms with van der Waals surface area (Å²) >= 11 is 0. The van der Waals surface area contributed by atoms with E-state index in [2.05, 4.69) is 4.72 Å². The van der Waals surface area contributed by atoms with Crippen molar-refractivity contribution in [1.29, 1.82) is 0 Å². The summed E-state index contributed by atoms with van der Waals surface area (Å²) < 4.78 is 24.9. The van der Waals surface area contributed by atoms with Crippen molar-refractivity contribution in [3.8, 4) is 0 Å². The molecule has 4 nitrogen and oxygen atoms in total. The van der Waals surface area contributed by atoms with Gasteiger partial charge in [-0.15, -0.1) is 0 Å². The highest BCUT2D eigenvalue weighted by molar-refractivity contribution is 7.89. The Hall–Kier alpha value is -0.130. The second kappa shape index (κ2) is 4.79. The monoisotopic (exact) mass is 194 g/mol. The molecule has 74 valence electrons. The molecule has 0 unspecified atom stereocenters. The molecule has 12 heavy (non-hydrogen) atoms. The standard InChI is InChI=1S/C7H18N2O2S/c1-7(2)8-12(10,11)6-5-9(3)4/h7-8H,5-6H2,1-4H3. The second-order valence-corrected chi connectivity index (χ2v) is 5.27. The van der Waals surface area contributed by atoms with Crippen LogP contribution in [0.3, 0.4) is 0 Å². The topological polar surface area (TPSA) is 49.4 Å². The number of rotatable bonds is 5. The van der Waals surface area contributed by atoms with Gasteiger partial charge in [0.2, 0.25) is 10.0 Å². The Balaban J connectivity index is 3.89. The first-order valence-electron chi connectivity index (χ1n) is 3.98. The molecule has 0 aromatic carbocycles. The van der Waals surface area contributed by atoms with Gasteiger partial charge in [0.05, 0.1) is 5.75 Å². The lowest BCUT2D eigenvalue weighted by molar-refractivity contribution is 0.430. The van der Waals surface area contributed by atoms with E-state index < -0.39 is 10.0 Å². The van der Waals surface area contributed by atoms with Crippen molar-refractivity contribution < 1.29 is 8.42 Å². The second-order valence-electron chi connectivity index (χ2n) is 3.39. The van der Waals surface area contributed by atoms with Crippen LogP contribution in [0.2, 0.25) is 0 Å². The van der Waals surface area contributed by atoms with E-state index in [1.54, 1.807) is 0 Å². The predicted octanol–water partition coefficient (Wildman–Crippen LogP) is -0.124. The van der Waals surface area contributed by atoms with Gasteiger partial charge in [0.1, 0.15) is 0 Å². The average molecular weight is 194 g/mol. The number of nitrogens with zero attached hydrogens (tertiary/aromatic N) is 1. The first-order chi connectivity index (χ1) is 5.33. The fourth-order valence-corrected chi connectivity index (χ4v) is 2.16. The summed E-state index contributed by atoms with van der Waals surface area (Å²) in [7, 11) is 0.637. The normalized spacial score (nSPS) is 12.8. The van der Waals surface area contributed by atoms with Gasteiger partial charge in [0, 0.05) is 12.6 Å². The fraction of sp³-hybridized carbons (Fsp3) is 1.00. The van der Waals surface area contributed by atoms with E-state index in [-0.39, 0.29) is 11.8 Å². The van der Waals surface area contributed by atoms with Crippen LogP contribution < -0.4 is 4.72 Å². The van der Waals surface area contributed by atoms with Crippen molar-refractivity contribution in [3.05, 3.63) is 0 Å². The molecule has 0 aromatic heterocycles. The lowest BCUT2D eigenvalue weighted by Gasteiger charge is -2.12. The molecule has 0 fully saturated rings. The van der Waals surface area contributed by atoms with E-state index in [9.17, 15) is 8.42 Å². The molecular formula is C7H18N2O2S. The van der Waals surface area contributed by atoms with Crippen LogP contribution in [-0.2, 0) is 10.0 Å². The van der Waals surface area contributed by atoms with Crippen molar-refractivity contribution >= 4 is 10.0 Å². The Kier molecular flexibility index (Phi) is 4.74. The molecule has 0 amide bonds. The van der Waals surface area contributed by atoms with Gasteiger partial charge in [-0.05, 0) is 27.9 Å². The lowest BCUT2D eigenvalue weighted by atomic mass is 10.4. The van der Waals surface area contributed by atoms with E-state index in [4.69, 9.17) is 0 Å². The maximum atomic E-state index is 11.2. The minimum Gasteiger partial charge on any atom is -0.308 e. The smallest absolute Gasteiger partial charge is 0.213 e. The zero-order chi connectivity index (χ0) is 9.78. The zero-order valence-electron chi connectivity index (χ0n) is 8.16. The molecule has 0 bridgehead atoms. The van der Waals surface area contributed by atoms with Crippen molar-refractivity contribution in [2.24, 2.45) is 0 Å². The molecule has 0 radical (unpaired) electrons. The summed E-state index contributed by atoms with van der Waals surface area (Å²) in [6, 6.07) is -0.0165. The average Bonchev–Trinajstić information content (AvgIpc) is 1.81. The molecule has 0 aliphatic rings. The van der Waals surface area contributed by atoms with Crippen molar-refractivity contribution in [2.75, 3.05) is 26.4 Å². The third-order valence-electron chi connectivity index (χ3n) is 1.22. The summed E-state index contributed by atoms with van der Waals surface area (Å²) in [6.07, 6.45) is 0. The molecule has 0 aliphatic carbocycles. The molecule has 0 rings (SSSR count). The molecule has 0 aliphatic heterocycles. The Morgan fingerprint density at radius 3 is 2.17 bits per heavy atom. The van der Waals surface area contributed by atoms with Crippen LogP contribution in [0.1, 0.15) is 13.8 Å². The molecule has 5 heteroatoms. The van der Waals surface area contributed by atoms with Gasteiger partial charge in [0.25, 0.3) is 0 Å². The first kappa shape index (κ1) is 11.9. The largest absolute Gasteiger partial charge is 0.308 e. The van der Waals surface area contributed by atoms with Crippen molar-refractivity contribution in [3.63, 3.8) is 0 Å². The highest BCUT2D eigenvalue weighted by Crippen LogP contribution is 1.89. The SMILES string of the molecule is CC(C)NS(=O)(=O)CCN(C)C. The van der Waals surface area contributed by atoms with Gasteiger partial charge in [-0.3, -0.25) is 0 Å². The van der Waals surface area contributed by atoms with Gasteiger partial charge in [-0.25, -0.2) is 13.1 Å². The highest BCUT2D eigenvalue weighted by Gasteiger charge is 2.11. The van der Waals surface area contributed by atoms with Crippen molar-refractivity contribution in [1.82, 2.24) is 9.62 Å². The molecule has 1 N–H and O–H groups in total. The Morgan fingerprint density at radius 1 is 1.33 bits per heavy atom. The Labute approximate surface area is 75.0 Å². The van der Waals surface area contributed by atoms with Gasteiger partial charge in [-0.1, -0.05) is 0 Å². The van der Waals surface area contributed by atoms with Gasteiger partial charge >= 0.3 is 0 Å². The van der Waals surface area contributed by atoms with Crippen LogP contribution in [0.4, 0.5) is 0 Å². The van der Waals surface area contributed by atoms with E-state index in [0.29, 0.717) is 6.54 Å². The minimum absolute atomic E-state index is 0.0165. The summed E-state index contributed by atoms with van der Waals surface area (Å²) in [5, 5.41) is 0. The Morgan fingerprint density at radius 2 is 1.83 bits per heavy atom. The van der Waals surface area contributed by atoms with Gasteiger partial charge in [0.15, 0.2) is 0 Å². The number of hydrogen-bond donors (Lipinski definition) is 1. The number of nitrogens with one attached hydrogen (secondary N) is 1. The quantitative estimate of drug-likeness (QED) is 0.663. The van der Waals surface area contributed by atoms with E-state index in [1.165, 1.54) is 0 Å². The molecule has 0 atom stereocenters. The molecule has 0 spiro atoms. The minimum atomic E-state index is -3.07. The predicted molar refractivity (Wildman–Crippen MR) is 50.6 cm³/mol. The Bertz CT molecular complexity index is 209. The summed E-state index contributed by atoms with van der Waals surface area (Å²) in [5.41, 5.74) is 0. The van der Waals surface area contributed by atoms with E-state index in [1.807, 2.05) is 32.8 Å². The van der Waals surface area contributed by atoms with Crippen LogP contribution in [-0.4, -0.2) is 45.8 Å². The molecule has 0 aromatic rings. The van der Waals surface area contributed by atoms with Gasteiger partial charge in [-0.2, -0.15) is 0 Å². The van der Waals surface area contributed by atoms with Crippen LogP contribution in [0, 0.1) is 0 Å². The maximum Gasteiger partial charge on any atom is 0.213 e. The maximum absolute atomic E-state index is 11.2. The third kappa shape index (κ3) is 6.57. The molecule has 0 saturated carbocycles. The van der Waals surface area contributed by atoms with E-state index >= 15 is 0 Å². The summed E-state index contributed by atoms with van der Waals surface area (Å²) in [4.78, 5) is 1.85. The third-order valence-corrected chi connectivity index (χ3v) is 2.77. The van der Waals surface area contributed by atoms with Crippen LogP contribution in [0.15, 0.2) is 0 Å². The number of hydrogen-bond acceptors (Lipinski definition) is 3. The zero-order valence-corrected chi connectivity index (χ0v) is 8.98. The molecular weight excluding hydrogens is 176 g/mol. The van der Waals surface area contributed by atoms with Crippen LogP contribution in [0.25, 0.3) is 0 Å². The first-order valence-corrected chi connectivity index (χ1v) is 5.63. The van der Waals surface area contributed by atoms with Gasteiger partial charge < -0.3 is 4.90 Å². The summed E-state index contributed by atoms with van der Waals surface area (Å²) in [5.74, 6) is 0.165.